The Morgan fingerprint density at radius 2 is 1.86 bits per heavy atom. The van der Waals surface area contributed by atoms with E-state index >= 15 is 0 Å². The molecule has 5 nitrogen and oxygen atoms in total. The lowest BCUT2D eigenvalue weighted by molar-refractivity contribution is 0.316. The fourth-order valence-electron chi connectivity index (χ4n) is 3.42. The largest absolute Gasteiger partial charge is 0.383 e. The predicted molar refractivity (Wildman–Crippen MR) is 128 cm³/mol. The van der Waals surface area contributed by atoms with Crippen LogP contribution in [0.25, 0.3) is 20.2 Å². The zero-order valence-corrected chi connectivity index (χ0v) is 18.6. The topological polar surface area (TPSA) is 47.9 Å². The number of hydrogen-bond acceptors (Lipinski definition) is 5. The standard InChI is InChI=1S/C23H30N4OS/c1-5-27(6-2)14-13-25-19-12-11-17(15-24-16-26(3)4)23-21(19)22(28)18-9-7-8-10-20(18)29-23/h7-12,16,25H,5-6,13-15H2,1-4H3. The zero-order valence-electron chi connectivity index (χ0n) is 17.7. The highest BCUT2D eigenvalue weighted by Crippen LogP contribution is 2.32. The second kappa shape index (κ2) is 9.85. The van der Waals surface area contributed by atoms with Gasteiger partial charge < -0.3 is 15.1 Å². The summed E-state index contributed by atoms with van der Waals surface area (Å²) < 4.78 is 2.04. The van der Waals surface area contributed by atoms with Crippen LogP contribution in [0.5, 0.6) is 0 Å². The molecule has 0 saturated carbocycles. The number of nitrogens with zero attached hydrogens (tertiary/aromatic N) is 3. The molecule has 3 rings (SSSR count). The van der Waals surface area contributed by atoms with Gasteiger partial charge in [-0.2, -0.15) is 0 Å². The maximum absolute atomic E-state index is 13.4. The monoisotopic (exact) mass is 410 g/mol. The summed E-state index contributed by atoms with van der Waals surface area (Å²) in [5.74, 6) is 0. The summed E-state index contributed by atoms with van der Waals surface area (Å²) in [7, 11) is 3.91. The van der Waals surface area contributed by atoms with Crippen LogP contribution in [0, 0.1) is 0 Å². The maximum atomic E-state index is 13.4. The minimum Gasteiger partial charge on any atom is -0.383 e. The molecule has 0 amide bonds. The number of aliphatic imine (C=N–C) groups is 1. The molecule has 0 fully saturated rings. The second-order valence-electron chi connectivity index (χ2n) is 7.28. The third-order valence-electron chi connectivity index (χ3n) is 5.02. The summed E-state index contributed by atoms with van der Waals surface area (Å²) >= 11 is 1.68. The van der Waals surface area contributed by atoms with Crippen molar-refractivity contribution < 1.29 is 0 Å². The van der Waals surface area contributed by atoms with Crippen molar-refractivity contribution in [3.05, 3.63) is 52.2 Å². The van der Waals surface area contributed by atoms with E-state index < -0.39 is 0 Å². The number of fused-ring (bicyclic) bond motifs is 2. The molecule has 29 heavy (non-hydrogen) atoms. The van der Waals surface area contributed by atoms with E-state index in [2.05, 4.69) is 35.1 Å². The number of anilines is 1. The lowest BCUT2D eigenvalue weighted by Gasteiger charge is -2.19. The summed E-state index contributed by atoms with van der Waals surface area (Å²) in [6, 6.07) is 12.0. The van der Waals surface area contributed by atoms with Gasteiger partial charge in [0.2, 0.25) is 0 Å². The van der Waals surface area contributed by atoms with Crippen molar-refractivity contribution in [1.29, 1.82) is 0 Å². The summed E-state index contributed by atoms with van der Waals surface area (Å²) in [5, 5.41) is 5.08. The number of hydrogen-bond donors (Lipinski definition) is 1. The van der Waals surface area contributed by atoms with E-state index in [0.717, 1.165) is 57.6 Å². The third kappa shape index (κ3) is 4.95. The fraction of sp³-hybridized carbons (Fsp3) is 0.391. The van der Waals surface area contributed by atoms with Gasteiger partial charge in [-0.3, -0.25) is 9.79 Å². The van der Waals surface area contributed by atoms with Gasteiger partial charge in [-0.05, 0) is 36.9 Å². The summed E-state index contributed by atoms with van der Waals surface area (Å²) in [6.07, 6.45) is 1.81. The van der Waals surface area contributed by atoms with Gasteiger partial charge >= 0.3 is 0 Å². The fourth-order valence-corrected chi connectivity index (χ4v) is 4.62. The SMILES string of the molecule is CCN(CC)CCNc1ccc(CN=CN(C)C)c2sc3ccccc3c(=O)c12. The lowest BCUT2D eigenvalue weighted by atomic mass is 10.1. The van der Waals surface area contributed by atoms with Crippen molar-refractivity contribution in [3.63, 3.8) is 0 Å². The second-order valence-corrected chi connectivity index (χ2v) is 8.33. The quantitative estimate of drug-likeness (QED) is 0.325. The third-order valence-corrected chi connectivity index (χ3v) is 6.27. The first-order chi connectivity index (χ1) is 14.0. The predicted octanol–water partition coefficient (Wildman–Crippen LogP) is 4.26. The zero-order chi connectivity index (χ0) is 20.8. The Kier molecular flexibility index (Phi) is 7.23. The molecule has 1 aromatic heterocycles. The molecule has 0 aliphatic heterocycles. The van der Waals surface area contributed by atoms with Crippen molar-refractivity contribution in [2.24, 2.45) is 4.99 Å². The first-order valence-electron chi connectivity index (χ1n) is 10.1. The van der Waals surface area contributed by atoms with Crippen LogP contribution >= 0.6 is 11.3 Å². The highest BCUT2D eigenvalue weighted by Gasteiger charge is 2.13. The van der Waals surface area contributed by atoms with Crippen LogP contribution in [0.1, 0.15) is 19.4 Å². The Morgan fingerprint density at radius 3 is 2.59 bits per heavy atom. The number of rotatable bonds is 9. The van der Waals surface area contributed by atoms with Crippen LogP contribution in [0.3, 0.4) is 0 Å². The molecular formula is C23H30N4OS. The van der Waals surface area contributed by atoms with Crippen molar-refractivity contribution in [2.75, 3.05) is 45.6 Å². The molecule has 0 saturated heterocycles. The average Bonchev–Trinajstić information content (AvgIpc) is 2.72. The van der Waals surface area contributed by atoms with E-state index in [1.807, 2.05) is 55.7 Å². The number of nitrogens with one attached hydrogen (secondary N) is 1. The molecule has 2 aromatic carbocycles. The lowest BCUT2D eigenvalue weighted by Crippen LogP contribution is -2.28. The van der Waals surface area contributed by atoms with Gasteiger partial charge in [0.15, 0.2) is 5.43 Å². The van der Waals surface area contributed by atoms with Gasteiger partial charge in [0.05, 0.1) is 18.3 Å². The van der Waals surface area contributed by atoms with Gasteiger partial charge in [-0.1, -0.05) is 32.0 Å². The molecule has 154 valence electrons. The van der Waals surface area contributed by atoms with Crippen LogP contribution in [-0.4, -0.2) is 56.4 Å². The molecule has 3 aromatic rings. The van der Waals surface area contributed by atoms with Crippen molar-refractivity contribution in [2.45, 2.75) is 20.4 Å². The first-order valence-corrected chi connectivity index (χ1v) is 11.0. The maximum Gasteiger partial charge on any atom is 0.197 e. The van der Waals surface area contributed by atoms with E-state index in [-0.39, 0.29) is 5.43 Å². The Hall–Kier alpha value is -2.44. The van der Waals surface area contributed by atoms with Gasteiger partial charge in [0.1, 0.15) is 0 Å². The summed E-state index contributed by atoms with van der Waals surface area (Å²) in [6.45, 7) is 8.72. The Balaban J connectivity index is 2.05. The van der Waals surface area contributed by atoms with E-state index in [0.29, 0.717) is 6.54 Å². The molecule has 0 aliphatic carbocycles. The van der Waals surface area contributed by atoms with Crippen molar-refractivity contribution >= 4 is 43.5 Å². The van der Waals surface area contributed by atoms with Crippen molar-refractivity contribution in [1.82, 2.24) is 9.80 Å². The first kappa shape index (κ1) is 21.3. The Morgan fingerprint density at radius 1 is 1.10 bits per heavy atom. The average molecular weight is 411 g/mol. The molecule has 1 heterocycles. The van der Waals surface area contributed by atoms with Crippen LogP contribution in [0.4, 0.5) is 5.69 Å². The van der Waals surface area contributed by atoms with Gasteiger partial charge in [-0.25, -0.2) is 0 Å². The van der Waals surface area contributed by atoms with Crippen molar-refractivity contribution in [3.8, 4) is 0 Å². The summed E-state index contributed by atoms with van der Waals surface area (Å²) in [4.78, 5) is 22.2. The number of benzene rings is 2. The van der Waals surface area contributed by atoms with E-state index in [4.69, 9.17) is 0 Å². The van der Waals surface area contributed by atoms with Gasteiger partial charge in [0.25, 0.3) is 0 Å². The molecule has 1 N–H and O–H groups in total. The van der Waals surface area contributed by atoms with Crippen LogP contribution in [0.15, 0.2) is 46.2 Å². The smallest absolute Gasteiger partial charge is 0.197 e. The molecule has 0 atom stereocenters. The normalized spacial score (nSPS) is 11.8. The van der Waals surface area contributed by atoms with E-state index in [9.17, 15) is 4.79 Å². The van der Waals surface area contributed by atoms with Gasteiger partial charge in [0, 0.05) is 47.7 Å². The minimum atomic E-state index is 0.0955. The molecule has 6 heteroatoms. The van der Waals surface area contributed by atoms with Gasteiger partial charge in [-0.15, -0.1) is 11.3 Å². The number of likely N-dealkylation sites (N-methyl/N-ethyl adjacent to an activating group) is 1. The highest BCUT2D eigenvalue weighted by atomic mass is 32.1. The van der Waals surface area contributed by atoms with Crippen LogP contribution < -0.4 is 10.7 Å². The van der Waals surface area contributed by atoms with E-state index in [1.54, 1.807) is 11.3 Å². The van der Waals surface area contributed by atoms with Crippen LogP contribution in [0.2, 0.25) is 0 Å². The Labute approximate surface area is 176 Å². The Bertz CT molecular complexity index is 1050. The highest BCUT2D eigenvalue weighted by molar-refractivity contribution is 7.24. The molecule has 0 aliphatic rings. The molecule has 0 radical (unpaired) electrons. The molecular weight excluding hydrogens is 380 g/mol. The molecule has 0 bridgehead atoms. The van der Waals surface area contributed by atoms with E-state index in [1.165, 1.54) is 0 Å². The summed E-state index contributed by atoms with van der Waals surface area (Å²) in [5.41, 5.74) is 2.10. The molecule has 0 unspecified atom stereocenters. The van der Waals surface area contributed by atoms with Crippen LogP contribution in [-0.2, 0) is 6.54 Å². The molecule has 0 spiro atoms. The minimum absolute atomic E-state index is 0.0955.